The largest absolute Gasteiger partial charge is 0.465 e. The summed E-state index contributed by atoms with van der Waals surface area (Å²) < 4.78 is 42.1. The average Bonchev–Trinajstić information content (AvgIpc) is 2.37. The SMILES string of the molecule is COC(=O)c1cnc2cc(C(F)(F)F)ccc2c1N. The van der Waals surface area contributed by atoms with Crippen LogP contribution in [0.5, 0.6) is 0 Å². The monoisotopic (exact) mass is 270 g/mol. The van der Waals surface area contributed by atoms with Gasteiger partial charge in [0.25, 0.3) is 0 Å². The lowest BCUT2D eigenvalue weighted by Gasteiger charge is -2.10. The quantitative estimate of drug-likeness (QED) is 0.809. The topological polar surface area (TPSA) is 65.2 Å². The fourth-order valence-corrected chi connectivity index (χ4v) is 1.66. The number of halogens is 3. The number of nitrogens with two attached hydrogens (primary N) is 1. The second-order valence-electron chi connectivity index (χ2n) is 3.81. The van der Waals surface area contributed by atoms with E-state index in [4.69, 9.17) is 5.73 Å². The van der Waals surface area contributed by atoms with Gasteiger partial charge in [-0.2, -0.15) is 13.2 Å². The van der Waals surface area contributed by atoms with E-state index in [-0.39, 0.29) is 22.2 Å². The first-order valence-corrected chi connectivity index (χ1v) is 5.18. The van der Waals surface area contributed by atoms with Crippen molar-refractivity contribution >= 4 is 22.6 Å². The number of anilines is 1. The minimum Gasteiger partial charge on any atom is -0.465 e. The molecule has 1 aromatic heterocycles. The minimum atomic E-state index is -4.45. The molecule has 0 aliphatic carbocycles. The van der Waals surface area contributed by atoms with Crippen molar-refractivity contribution in [2.75, 3.05) is 12.8 Å². The Morgan fingerprint density at radius 3 is 2.63 bits per heavy atom. The Bertz CT molecular complexity index is 653. The number of hydrogen-bond acceptors (Lipinski definition) is 4. The van der Waals surface area contributed by atoms with E-state index in [2.05, 4.69) is 9.72 Å². The van der Waals surface area contributed by atoms with Gasteiger partial charge in [0.1, 0.15) is 5.56 Å². The Labute approximate surface area is 106 Å². The summed E-state index contributed by atoms with van der Waals surface area (Å²) >= 11 is 0. The van der Waals surface area contributed by atoms with Gasteiger partial charge in [-0.25, -0.2) is 4.79 Å². The molecule has 0 atom stereocenters. The molecule has 0 saturated carbocycles. The van der Waals surface area contributed by atoms with Crippen LogP contribution in [0.2, 0.25) is 0 Å². The van der Waals surface area contributed by atoms with Crippen LogP contribution in [0.4, 0.5) is 18.9 Å². The third-order valence-electron chi connectivity index (χ3n) is 2.64. The molecule has 0 unspecified atom stereocenters. The number of nitrogens with zero attached hydrogens (tertiary/aromatic N) is 1. The molecule has 4 nitrogen and oxygen atoms in total. The van der Waals surface area contributed by atoms with Crippen LogP contribution < -0.4 is 5.73 Å². The van der Waals surface area contributed by atoms with Gasteiger partial charge in [-0.05, 0) is 12.1 Å². The van der Waals surface area contributed by atoms with Gasteiger partial charge in [0.05, 0.1) is 23.9 Å². The summed E-state index contributed by atoms with van der Waals surface area (Å²) in [6.07, 6.45) is -3.35. The molecule has 0 fully saturated rings. The predicted molar refractivity (Wildman–Crippen MR) is 62.5 cm³/mol. The van der Waals surface area contributed by atoms with E-state index in [1.165, 1.54) is 13.2 Å². The lowest BCUT2D eigenvalue weighted by atomic mass is 10.1. The van der Waals surface area contributed by atoms with Crippen molar-refractivity contribution in [3.05, 3.63) is 35.5 Å². The number of nitrogen functional groups attached to an aromatic ring is 1. The maximum absolute atomic E-state index is 12.5. The standard InChI is InChI=1S/C12H9F3N2O2/c1-19-11(18)8-5-17-9-4-6(12(13,14)15)2-3-7(9)10(8)16/h2-5H,1H3,(H2,16,17). The number of ether oxygens (including phenoxy) is 1. The number of methoxy groups -OCH3 is 1. The number of aromatic nitrogens is 1. The number of hydrogen-bond donors (Lipinski definition) is 1. The van der Waals surface area contributed by atoms with Gasteiger partial charge in [-0.1, -0.05) is 6.07 Å². The van der Waals surface area contributed by atoms with E-state index < -0.39 is 17.7 Å². The zero-order valence-corrected chi connectivity index (χ0v) is 9.78. The first-order chi connectivity index (χ1) is 8.84. The van der Waals surface area contributed by atoms with Crippen LogP contribution in [0.3, 0.4) is 0 Å². The van der Waals surface area contributed by atoms with Gasteiger partial charge in [0.2, 0.25) is 0 Å². The number of carbonyl (C=O) groups is 1. The summed E-state index contributed by atoms with van der Waals surface area (Å²) in [6.45, 7) is 0. The predicted octanol–water partition coefficient (Wildman–Crippen LogP) is 2.62. The van der Waals surface area contributed by atoms with Crippen LogP contribution >= 0.6 is 0 Å². The highest BCUT2D eigenvalue weighted by Crippen LogP contribution is 2.32. The Kier molecular flexibility index (Phi) is 3.05. The van der Waals surface area contributed by atoms with Gasteiger partial charge in [0.15, 0.2) is 0 Å². The van der Waals surface area contributed by atoms with E-state index in [1.54, 1.807) is 0 Å². The second kappa shape index (κ2) is 4.42. The highest BCUT2D eigenvalue weighted by Gasteiger charge is 2.30. The molecule has 0 bridgehead atoms. The van der Waals surface area contributed by atoms with Gasteiger partial charge < -0.3 is 10.5 Å². The molecule has 100 valence electrons. The van der Waals surface area contributed by atoms with E-state index in [9.17, 15) is 18.0 Å². The summed E-state index contributed by atoms with van der Waals surface area (Å²) in [4.78, 5) is 15.2. The molecule has 0 saturated heterocycles. The van der Waals surface area contributed by atoms with Crippen LogP contribution in [0.15, 0.2) is 24.4 Å². The van der Waals surface area contributed by atoms with Crippen LogP contribution in [0.1, 0.15) is 15.9 Å². The van der Waals surface area contributed by atoms with Gasteiger partial charge in [0, 0.05) is 11.6 Å². The third kappa shape index (κ3) is 2.31. The Morgan fingerprint density at radius 1 is 1.37 bits per heavy atom. The van der Waals surface area contributed by atoms with Crippen molar-refractivity contribution < 1.29 is 22.7 Å². The van der Waals surface area contributed by atoms with E-state index in [1.807, 2.05) is 0 Å². The van der Waals surface area contributed by atoms with Crippen LogP contribution in [-0.2, 0) is 10.9 Å². The molecule has 1 aromatic carbocycles. The maximum Gasteiger partial charge on any atom is 0.416 e. The molecule has 2 aromatic rings. The average molecular weight is 270 g/mol. The Balaban J connectivity index is 2.63. The molecule has 0 aliphatic rings. The summed E-state index contributed by atoms with van der Waals surface area (Å²) in [5.74, 6) is -0.688. The zero-order chi connectivity index (χ0) is 14.2. The molecule has 2 rings (SSSR count). The summed E-state index contributed by atoms with van der Waals surface area (Å²) in [5.41, 5.74) is 5.05. The maximum atomic E-state index is 12.5. The van der Waals surface area contributed by atoms with Crippen LogP contribution in [0, 0.1) is 0 Å². The van der Waals surface area contributed by atoms with E-state index >= 15 is 0 Å². The molecule has 19 heavy (non-hydrogen) atoms. The van der Waals surface area contributed by atoms with Crippen LogP contribution in [-0.4, -0.2) is 18.1 Å². The molecule has 7 heteroatoms. The van der Waals surface area contributed by atoms with Crippen LogP contribution in [0.25, 0.3) is 10.9 Å². The third-order valence-corrected chi connectivity index (χ3v) is 2.64. The molecular weight excluding hydrogens is 261 g/mol. The molecule has 0 amide bonds. The summed E-state index contributed by atoms with van der Waals surface area (Å²) in [5, 5.41) is 0.274. The second-order valence-corrected chi connectivity index (χ2v) is 3.81. The van der Waals surface area contributed by atoms with Gasteiger partial charge >= 0.3 is 12.1 Å². The molecule has 1 heterocycles. The fraction of sp³-hybridized carbons (Fsp3) is 0.167. The number of alkyl halides is 3. The number of carbonyl (C=O) groups excluding carboxylic acids is 1. The van der Waals surface area contributed by atoms with Gasteiger partial charge in [-0.15, -0.1) is 0 Å². The number of benzene rings is 1. The number of pyridine rings is 1. The molecule has 0 spiro atoms. The number of fused-ring (bicyclic) bond motifs is 1. The highest BCUT2D eigenvalue weighted by molar-refractivity contribution is 6.03. The first kappa shape index (κ1) is 13.1. The van der Waals surface area contributed by atoms with E-state index in [0.717, 1.165) is 18.3 Å². The van der Waals surface area contributed by atoms with Crippen molar-refractivity contribution in [2.24, 2.45) is 0 Å². The number of esters is 1. The molecule has 0 radical (unpaired) electrons. The summed E-state index contributed by atoms with van der Waals surface area (Å²) in [7, 11) is 1.18. The first-order valence-electron chi connectivity index (χ1n) is 5.18. The highest BCUT2D eigenvalue weighted by atomic mass is 19.4. The Hall–Kier alpha value is -2.31. The van der Waals surface area contributed by atoms with Crippen molar-refractivity contribution in [2.45, 2.75) is 6.18 Å². The molecule has 0 aliphatic heterocycles. The number of rotatable bonds is 1. The normalized spacial score (nSPS) is 11.6. The van der Waals surface area contributed by atoms with Crippen molar-refractivity contribution in [3.63, 3.8) is 0 Å². The van der Waals surface area contributed by atoms with E-state index in [0.29, 0.717) is 0 Å². The lowest BCUT2D eigenvalue weighted by Crippen LogP contribution is -2.08. The lowest BCUT2D eigenvalue weighted by molar-refractivity contribution is -0.137. The smallest absolute Gasteiger partial charge is 0.416 e. The Morgan fingerprint density at radius 2 is 2.05 bits per heavy atom. The minimum absolute atomic E-state index is 0.0229. The molecular formula is C12H9F3N2O2. The van der Waals surface area contributed by atoms with Crippen molar-refractivity contribution in [1.82, 2.24) is 4.98 Å². The molecule has 2 N–H and O–H groups in total. The van der Waals surface area contributed by atoms with Crippen molar-refractivity contribution in [3.8, 4) is 0 Å². The fourth-order valence-electron chi connectivity index (χ4n) is 1.66. The van der Waals surface area contributed by atoms with Gasteiger partial charge in [-0.3, -0.25) is 4.98 Å². The zero-order valence-electron chi connectivity index (χ0n) is 9.78. The van der Waals surface area contributed by atoms with Crippen molar-refractivity contribution in [1.29, 1.82) is 0 Å². The summed E-state index contributed by atoms with van der Waals surface area (Å²) in [6, 6.07) is 2.96.